The minimum atomic E-state index is -1.51. The lowest BCUT2D eigenvalue weighted by molar-refractivity contribution is 0.0606. The lowest BCUT2D eigenvalue weighted by Crippen LogP contribution is -2.43. The van der Waals surface area contributed by atoms with Crippen molar-refractivity contribution >= 4 is 44.6 Å². The van der Waals surface area contributed by atoms with Crippen LogP contribution in [0.1, 0.15) is 0 Å². The van der Waals surface area contributed by atoms with Gasteiger partial charge in [-0.25, -0.2) is 0 Å². The molecule has 0 bridgehead atoms. The van der Waals surface area contributed by atoms with Gasteiger partial charge in [0.15, 0.2) is 16.6 Å². The zero-order chi connectivity index (χ0) is 14.6. The second-order valence-electron chi connectivity index (χ2n) is 7.50. The average Bonchev–Trinajstić information content (AvgIpc) is 1.93. The van der Waals surface area contributed by atoms with E-state index in [4.69, 9.17) is 19.9 Å². The fraction of sp³-hybridized carbons (Fsp3) is 1.00. The van der Waals surface area contributed by atoms with Crippen LogP contribution in [0, 0.1) is 0 Å². The molecule has 0 atom stereocenters. The van der Waals surface area contributed by atoms with E-state index in [1.165, 1.54) is 12.1 Å². The minimum absolute atomic E-state index is 0.122. The van der Waals surface area contributed by atoms with Crippen LogP contribution < -0.4 is 0 Å². The monoisotopic (exact) mass is 342 g/mol. The molecule has 7 heteroatoms. The number of hydrogen-bond acceptors (Lipinski definition) is 2. The topological polar surface area (TPSA) is 18.5 Å². The summed E-state index contributed by atoms with van der Waals surface area (Å²) < 4.78 is 12.4. The van der Waals surface area contributed by atoms with E-state index < -0.39 is 24.0 Å². The van der Waals surface area contributed by atoms with Crippen LogP contribution in [-0.2, 0) is 8.85 Å². The predicted octanol–water partition coefficient (Wildman–Crippen LogP) is 4.00. The zero-order valence-corrected chi connectivity index (χ0v) is 18.6. The van der Waals surface area contributed by atoms with E-state index in [0.717, 1.165) is 0 Å². The van der Waals surface area contributed by atoms with Gasteiger partial charge in [0.25, 0.3) is 0 Å². The molecule has 0 N–H and O–H groups in total. The molecule has 0 spiro atoms. The molecule has 0 aliphatic carbocycles. The summed E-state index contributed by atoms with van der Waals surface area (Å²) in [6.45, 7) is 17.9. The summed E-state index contributed by atoms with van der Waals surface area (Å²) in [5, 5.41) is 0. The Labute approximate surface area is 124 Å². The Morgan fingerprint density at radius 3 is 1.56 bits per heavy atom. The minimum Gasteiger partial charge on any atom is -0.398 e. The molecule has 0 aromatic heterocycles. The van der Waals surface area contributed by atoms with Gasteiger partial charge in [0.2, 0.25) is 0 Å². The van der Waals surface area contributed by atoms with Gasteiger partial charge in [0.1, 0.15) is 13.3 Å². The normalized spacial score (nSPS) is 15.0. The maximum Gasteiger partial charge on any atom is 0.186 e. The summed E-state index contributed by atoms with van der Waals surface area (Å²) in [5.74, 6) is 0.122. The quantitative estimate of drug-likeness (QED) is 0.377. The van der Waals surface area contributed by atoms with Crippen LogP contribution in [0.15, 0.2) is 0 Å². The summed E-state index contributed by atoms with van der Waals surface area (Å²) in [4.78, 5) is 0. The van der Waals surface area contributed by atoms with Gasteiger partial charge in [-0.05, 0) is 45.3 Å². The third-order valence-corrected chi connectivity index (χ3v) is 9.17. The highest BCUT2D eigenvalue weighted by Crippen LogP contribution is 2.19. The fourth-order valence-electron chi connectivity index (χ4n) is 1.62. The Balaban J connectivity index is 4.31. The summed E-state index contributed by atoms with van der Waals surface area (Å²) in [6, 6.07) is 2.45. The largest absolute Gasteiger partial charge is 0.398 e. The second kappa shape index (κ2) is 7.19. The van der Waals surface area contributed by atoms with E-state index in [1.807, 2.05) is 0 Å². The maximum atomic E-state index is 6.38. The molecule has 0 fully saturated rings. The molecular formula is C11H31ClO2Si4. The van der Waals surface area contributed by atoms with Crippen molar-refractivity contribution in [3.8, 4) is 0 Å². The average molecular weight is 343 g/mol. The molecule has 18 heavy (non-hydrogen) atoms. The molecule has 0 amide bonds. The molecule has 0 heterocycles. The molecule has 0 aromatic rings. The first-order chi connectivity index (χ1) is 7.79. The van der Waals surface area contributed by atoms with E-state index in [2.05, 4.69) is 52.4 Å². The molecular weight excluding hydrogens is 312 g/mol. The Morgan fingerprint density at radius 2 is 1.28 bits per heavy atom. The van der Waals surface area contributed by atoms with Crippen LogP contribution >= 0.6 is 11.1 Å². The Hall–Kier alpha value is 1.08. The molecule has 2 nitrogen and oxygen atoms in total. The predicted molar refractivity (Wildman–Crippen MR) is 94.1 cm³/mol. The molecule has 0 aliphatic rings. The summed E-state index contributed by atoms with van der Waals surface area (Å²) in [7, 11) is -4.77. The molecule has 0 saturated heterocycles. The smallest absolute Gasteiger partial charge is 0.186 e. The number of halogens is 1. The first-order valence-corrected chi connectivity index (χ1v) is 19.7. The first kappa shape index (κ1) is 19.1. The van der Waals surface area contributed by atoms with Crippen LogP contribution in [0.5, 0.6) is 0 Å². The third kappa shape index (κ3) is 13.5. The Bertz CT molecular complexity index is 227. The summed E-state index contributed by atoms with van der Waals surface area (Å²) >= 11 is 6.38. The standard InChI is InChI=1S/C11H31ClO2Si4/c1-16(2,3)13-11(14-17(4,5)6)15-9-10-18(7,8)12/h11H,9-10,15H2,1-8H3. The van der Waals surface area contributed by atoms with Crippen LogP contribution in [0.3, 0.4) is 0 Å². The highest BCUT2D eigenvalue weighted by atomic mass is 35.6. The maximum absolute atomic E-state index is 6.38. The Kier molecular flexibility index (Phi) is 7.62. The highest BCUT2D eigenvalue weighted by Gasteiger charge is 2.27. The van der Waals surface area contributed by atoms with Gasteiger partial charge in [-0.2, -0.15) is 11.1 Å². The summed E-state index contributed by atoms with van der Waals surface area (Å²) in [5.41, 5.74) is 0. The third-order valence-electron chi connectivity index (χ3n) is 2.18. The van der Waals surface area contributed by atoms with Crippen molar-refractivity contribution in [3.05, 3.63) is 0 Å². The molecule has 0 unspecified atom stereocenters. The molecule has 110 valence electrons. The van der Waals surface area contributed by atoms with Crippen molar-refractivity contribution < 1.29 is 8.85 Å². The molecule has 0 rings (SSSR count). The van der Waals surface area contributed by atoms with Crippen LogP contribution in [0.25, 0.3) is 0 Å². The van der Waals surface area contributed by atoms with Gasteiger partial charge in [-0.1, -0.05) is 19.1 Å². The van der Waals surface area contributed by atoms with Gasteiger partial charge in [-0.15, -0.1) is 0 Å². The lowest BCUT2D eigenvalue weighted by atomic mass is 10.9. The first-order valence-electron chi connectivity index (χ1n) is 6.83. The Morgan fingerprint density at radius 1 is 0.889 bits per heavy atom. The summed E-state index contributed by atoms with van der Waals surface area (Å²) in [6.07, 6.45) is 0. The van der Waals surface area contributed by atoms with Crippen molar-refractivity contribution in [2.75, 3.05) is 0 Å². The zero-order valence-electron chi connectivity index (χ0n) is 13.4. The van der Waals surface area contributed by atoms with Crippen LogP contribution in [0.2, 0.25) is 64.5 Å². The van der Waals surface area contributed by atoms with E-state index in [1.54, 1.807) is 0 Å². The van der Waals surface area contributed by atoms with E-state index in [0.29, 0.717) is 0 Å². The fourth-order valence-corrected chi connectivity index (χ4v) is 13.0. The van der Waals surface area contributed by atoms with Crippen LogP contribution in [0.4, 0.5) is 0 Å². The van der Waals surface area contributed by atoms with E-state index in [-0.39, 0.29) is 15.4 Å². The number of hydrogen-bond donors (Lipinski definition) is 0. The molecule has 0 aliphatic heterocycles. The van der Waals surface area contributed by atoms with Gasteiger partial charge in [0, 0.05) is 0 Å². The van der Waals surface area contributed by atoms with Crippen molar-refractivity contribution in [2.45, 2.75) is 70.4 Å². The van der Waals surface area contributed by atoms with Crippen molar-refractivity contribution in [1.29, 1.82) is 0 Å². The highest BCUT2D eigenvalue weighted by molar-refractivity contribution is 7.19. The van der Waals surface area contributed by atoms with Gasteiger partial charge < -0.3 is 8.85 Å². The lowest BCUT2D eigenvalue weighted by Gasteiger charge is -2.32. The molecule has 0 saturated carbocycles. The van der Waals surface area contributed by atoms with E-state index in [9.17, 15) is 0 Å². The van der Waals surface area contributed by atoms with Gasteiger partial charge >= 0.3 is 0 Å². The van der Waals surface area contributed by atoms with Crippen molar-refractivity contribution in [1.82, 2.24) is 0 Å². The number of rotatable bonds is 8. The van der Waals surface area contributed by atoms with Gasteiger partial charge in [0.05, 0.1) is 9.52 Å². The second-order valence-corrected chi connectivity index (χ2v) is 25.4. The molecule has 0 radical (unpaired) electrons. The van der Waals surface area contributed by atoms with Crippen LogP contribution in [-0.4, -0.2) is 39.5 Å². The molecule has 0 aromatic carbocycles. The van der Waals surface area contributed by atoms with E-state index >= 15 is 0 Å². The van der Waals surface area contributed by atoms with Crippen molar-refractivity contribution in [2.24, 2.45) is 0 Å². The van der Waals surface area contributed by atoms with Crippen molar-refractivity contribution in [3.63, 3.8) is 0 Å². The van der Waals surface area contributed by atoms with Gasteiger partial charge in [-0.3, -0.25) is 0 Å². The SMILES string of the molecule is C[Si](C)(Cl)CC[SiH2]C(O[Si](C)(C)C)O[Si](C)(C)C.